The van der Waals surface area contributed by atoms with Gasteiger partial charge in [0.05, 0.1) is 11.5 Å². The standard InChI is InChI=1S/C32H53NO6S/c1-7-8-9-10-11-12-13-14-15-16-17-21-24-28(40(36,37)26-22-19-18-20-23-26)29(34)27-25-38-32(5,6)33(27)30(35)39-31(2,3)4/h18-20,22-23,27-28H,7-17,21,24-25H2,1-6H3/t27-,28?/m0/s1. The molecule has 1 aromatic rings. The summed E-state index contributed by atoms with van der Waals surface area (Å²) in [6.07, 6.45) is 13.5. The second kappa shape index (κ2) is 15.9. The third kappa shape index (κ3) is 10.5. The first-order valence-corrected chi connectivity index (χ1v) is 16.8. The smallest absolute Gasteiger partial charge is 0.413 e. The Hall–Kier alpha value is -1.93. The second-order valence-corrected chi connectivity index (χ2v) is 14.7. The molecular weight excluding hydrogens is 526 g/mol. The van der Waals surface area contributed by atoms with Crippen LogP contribution in [0.15, 0.2) is 35.2 Å². The van der Waals surface area contributed by atoms with Crippen LogP contribution in [0.5, 0.6) is 0 Å². The molecule has 2 rings (SSSR count). The van der Waals surface area contributed by atoms with Crippen LogP contribution in [0.1, 0.15) is 125 Å². The number of amides is 1. The van der Waals surface area contributed by atoms with Crippen molar-refractivity contribution in [2.24, 2.45) is 0 Å². The number of ether oxygens (including phenoxy) is 2. The largest absolute Gasteiger partial charge is 0.444 e. The van der Waals surface area contributed by atoms with Gasteiger partial charge < -0.3 is 9.47 Å². The number of nitrogens with zero attached hydrogens (tertiary/aromatic N) is 1. The number of carbonyl (C=O) groups is 2. The highest BCUT2D eigenvalue weighted by atomic mass is 32.2. The van der Waals surface area contributed by atoms with Crippen LogP contribution in [-0.4, -0.2) is 54.4 Å². The zero-order valence-corrected chi connectivity index (χ0v) is 26.6. The van der Waals surface area contributed by atoms with E-state index in [1.165, 1.54) is 68.4 Å². The Morgan fingerprint density at radius 1 is 0.925 bits per heavy atom. The van der Waals surface area contributed by atoms with E-state index < -0.39 is 44.3 Å². The van der Waals surface area contributed by atoms with E-state index in [-0.39, 0.29) is 17.9 Å². The Balaban J connectivity index is 2.05. The van der Waals surface area contributed by atoms with Crippen LogP contribution in [0.2, 0.25) is 0 Å². The average Bonchev–Trinajstić information content (AvgIpc) is 3.21. The predicted octanol–water partition coefficient (Wildman–Crippen LogP) is 7.86. The van der Waals surface area contributed by atoms with Crippen molar-refractivity contribution in [3.05, 3.63) is 30.3 Å². The fourth-order valence-electron chi connectivity index (χ4n) is 5.28. The number of Topliss-reactive ketones (excluding diaryl/α,β-unsaturated/α-hetero) is 1. The number of hydrogen-bond acceptors (Lipinski definition) is 6. The van der Waals surface area contributed by atoms with Gasteiger partial charge in [-0.15, -0.1) is 0 Å². The Labute approximate surface area is 243 Å². The van der Waals surface area contributed by atoms with Gasteiger partial charge >= 0.3 is 6.09 Å². The number of ketones is 1. The van der Waals surface area contributed by atoms with Crippen LogP contribution in [0.4, 0.5) is 4.79 Å². The molecule has 0 N–H and O–H groups in total. The molecule has 2 atom stereocenters. The van der Waals surface area contributed by atoms with E-state index >= 15 is 0 Å². The lowest BCUT2D eigenvalue weighted by molar-refractivity contribution is -0.124. The molecule has 1 unspecified atom stereocenters. The summed E-state index contributed by atoms with van der Waals surface area (Å²) in [7, 11) is -3.96. The first-order valence-electron chi connectivity index (χ1n) is 15.3. The van der Waals surface area contributed by atoms with Crippen molar-refractivity contribution in [1.29, 1.82) is 0 Å². The highest BCUT2D eigenvalue weighted by molar-refractivity contribution is 7.92. The zero-order chi connectivity index (χ0) is 29.8. The Morgan fingerprint density at radius 2 is 1.43 bits per heavy atom. The quantitative estimate of drug-likeness (QED) is 0.175. The second-order valence-electron chi connectivity index (χ2n) is 12.6. The van der Waals surface area contributed by atoms with E-state index in [1.807, 2.05) is 0 Å². The fourth-order valence-corrected chi connectivity index (χ4v) is 7.08. The SMILES string of the molecule is CCCCCCCCCCCCCCC(C(=O)[C@@H]1COC(C)(C)N1C(=O)OC(C)(C)C)S(=O)(=O)c1ccccc1. The third-order valence-corrected chi connectivity index (χ3v) is 9.63. The molecule has 0 aliphatic carbocycles. The number of benzene rings is 1. The van der Waals surface area contributed by atoms with Crippen molar-refractivity contribution >= 4 is 21.7 Å². The molecule has 7 nitrogen and oxygen atoms in total. The van der Waals surface area contributed by atoms with Crippen molar-refractivity contribution < 1.29 is 27.5 Å². The van der Waals surface area contributed by atoms with Crippen molar-refractivity contribution in [2.75, 3.05) is 6.61 Å². The fraction of sp³-hybridized carbons (Fsp3) is 0.750. The molecule has 40 heavy (non-hydrogen) atoms. The van der Waals surface area contributed by atoms with Crippen molar-refractivity contribution in [2.45, 2.75) is 153 Å². The molecule has 0 saturated carbocycles. The van der Waals surface area contributed by atoms with Gasteiger partial charge in [-0.2, -0.15) is 0 Å². The minimum Gasteiger partial charge on any atom is -0.444 e. The van der Waals surface area contributed by atoms with Gasteiger partial charge in [0.1, 0.15) is 22.6 Å². The third-order valence-electron chi connectivity index (χ3n) is 7.49. The van der Waals surface area contributed by atoms with Gasteiger partial charge in [-0.25, -0.2) is 13.2 Å². The predicted molar refractivity (Wildman–Crippen MR) is 160 cm³/mol. The van der Waals surface area contributed by atoms with E-state index in [9.17, 15) is 18.0 Å². The lowest BCUT2D eigenvalue weighted by Gasteiger charge is -2.35. The molecule has 1 saturated heterocycles. The van der Waals surface area contributed by atoms with Crippen LogP contribution in [0.25, 0.3) is 0 Å². The molecule has 1 amide bonds. The first kappa shape index (κ1) is 34.3. The molecule has 1 aliphatic heterocycles. The van der Waals surface area contributed by atoms with Crippen molar-refractivity contribution in [3.63, 3.8) is 0 Å². The minimum absolute atomic E-state index is 0.0651. The number of hydrogen-bond donors (Lipinski definition) is 0. The molecule has 1 aromatic carbocycles. The van der Waals surface area contributed by atoms with Crippen LogP contribution in [0.3, 0.4) is 0 Å². The average molecular weight is 580 g/mol. The Morgan fingerprint density at radius 3 is 1.93 bits per heavy atom. The zero-order valence-electron chi connectivity index (χ0n) is 25.7. The molecular formula is C32H53NO6S. The summed E-state index contributed by atoms with van der Waals surface area (Å²) in [5, 5.41) is -1.26. The van der Waals surface area contributed by atoms with E-state index in [0.717, 1.165) is 19.3 Å². The van der Waals surface area contributed by atoms with E-state index in [2.05, 4.69) is 6.92 Å². The van der Waals surface area contributed by atoms with Gasteiger partial charge in [-0.1, -0.05) is 102 Å². The van der Waals surface area contributed by atoms with E-state index in [4.69, 9.17) is 9.47 Å². The number of rotatable bonds is 17. The number of carbonyl (C=O) groups excluding carboxylic acids is 2. The van der Waals surface area contributed by atoms with E-state index in [1.54, 1.807) is 52.8 Å². The first-order chi connectivity index (χ1) is 18.8. The van der Waals surface area contributed by atoms with Crippen molar-refractivity contribution in [3.8, 4) is 0 Å². The normalized spacial score (nSPS) is 18.1. The lowest BCUT2D eigenvalue weighted by Crippen LogP contribution is -2.54. The van der Waals surface area contributed by atoms with Crippen LogP contribution >= 0.6 is 0 Å². The number of unbranched alkanes of at least 4 members (excludes halogenated alkanes) is 11. The van der Waals surface area contributed by atoms with Gasteiger partial charge in [0.15, 0.2) is 15.6 Å². The monoisotopic (exact) mass is 579 g/mol. The highest BCUT2D eigenvalue weighted by Crippen LogP contribution is 2.33. The molecule has 228 valence electrons. The molecule has 0 spiro atoms. The van der Waals surface area contributed by atoms with Crippen molar-refractivity contribution in [1.82, 2.24) is 4.90 Å². The van der Waals surface area contributed by atoms with Gasteiger partial charge in [0, 0.05) is 0 Å². The summed E-state index contributed by atoms with van der Waals surface area (Å²) >= 11 is 0. The molecule has 0 radical (unpaired) electrons. The van der Waals surface area contributed by atoms with Gasteiger partial charge in [0.2, 0.25) is 0 Å². The van der Waals surface area contributed by atoms with E-state index in [0.29, 0.717) is 6.42 Å². The summed E-state index contributed by atoms with van der Waals surface area (Å²) in [6, 6.07) is 7.08. The molecule has 8 heteroatoms. The summed E-state index contributed by atoms with van der Waals surface area (Å²) in [4.78, 5) is 28.5. The maximum atomic E-state index is 14.0. The van der Waals surface area contributed by atoms with Gasteiger partial charge in [0.25, 0.3) is 0 Å². The Kier molecular flexibility index (Phi) is 13.6. The minimum atomic E-state index is -3.96. The molecule has 1 aliphatic rings. The summed E-state index contributed by atoms with van der Waals surface area (Å²) in [6.45, 7) is 10.8. The number of sulfone groups is 1. The Bertz CT molecular complexity index is 1020. The summed E-state index contributed by atoms with van der Waals surface area (Å²) in [5.74, 6) is -0.511. The molecule has 1 heterocycles. The molecule has 1 fully saturated rings. The molecule has 0 bridgehead atoms. The lowest BCUT2D eigenvalue weighted by atomic mass is 10.0. The van der Waals surface area contributed by atoms with Gasteiger partial charge in [-0.05, 0) is 53.2 Å². The van der Waals surface area contributed by atoms with Crippen LogP contribution < -0.4 is 0 Å². The highest BCUT2D eigenvalue weighted by Gasteiger charge is 2.51. The van der Waals surface area contributed by atoms with Crippen LogP contribution in [-0.2, 0) is 24.1 Å². The van der Waals surface area contributed by atoms with Crippen LogP contribution in [0, 0.1) is 0 Å². The molecule has 0 aromatic heterocycles. The topological polar surface area (TPSA) is 90.0 Å². The maximum Gasteiger partial charge on any atom is 0.413 e. The van der Waals surface area contributed by atoms with Gasteiger partial charge in [-0.3, -0.25) is 9.69 Å². The summed E-state index contributed by atoms with van der Waals surface area (Å²) in [5.41, 5.74) is -1.87. The summed E-state index contributed by atoms with van der Waals surface area (Å²) < 4.78 is 38.9. The maximum absolute atomic E-state index is 14.0.